The molecule has 0 N–H and O–H groups in total. The van der Waals surface area contributed by atoms with Crippen LogP contribution in [0.2, 0.25) is 0 Å². The van der Waals surface area contributed by atoms with E-state index >= 15 is 0 Å². The Kier molecular flexibility index (Phi) is 5.72. The molecule has 0 radical (unpaired) electrons. The first kappa shape index (κ1) is 24.5. The molecule has 3 heteroatoms. The molecule has 0 unspecified atom stereocenters. The quantitative estimate of drug-likeness (QED) is 0.241. The molecule has 0 aliphatic carbocycles. The van der Waals surface area contributed by atoms with Crippen LogP contribution in [0, 0.1) is 19.8 Å². The van der Waals surface area contributed by atoms with E-state index in [0.717, 1.165) is 51.1 Å². The first-order valence-corrected chi connectivity index (χ1v) is 13.5. The van der Waals surface area contributed by atoms with E-state index in [4.69, 9.17) is 13.8 Å². The Morgan fingerprint density at radius 1 is 0.868 bits per heavy atom. The Bertz CT molecular complexity index is 1820. The number of aromatic nitrogens is 1. The SMILES string of the molecule is Cc1oc2nc(-c3cc(C(C)(C)C)c4ccccc4c3)cc(-c3ccc4c(CC(C)C)coc4c3)c2c1C. The number of rotatable bonds is 4. The van der Waals surface area contributed by atoms with Crippen molar-refractivity contribution in [3.63, 3.8) is 0 Å². The lowest BCUT2D eigenvalue weighted by Crippen LogP contribution is -2.12. The van der Waals surface area contributed by atoms with Crippen molar-refractivity contribution in [2.75, 3.05) is 0 Å². The van der Waals surface area contributed by atoms with Crippen molar-refractivity contribution in [3.05, 3.63) is 89.4 Å². The highest BCUT2D eigenvalue weighted by molar-refractivity contribution is 6.00. The van der Waals surface area contributed by atoms with Gasteiger partial charge in [0, 0.05) is 16.5 Å². The van der Waals surface area contributed by atoms with Crippen LogP contribution in [-0.2, 0) is 11.8 Å². The second kappa shape index (κ2) is 8.87. The second-order valence-corrected chi connectivity index (χ2v) is 12.1. The Morgan fingerprint density at radius 2 is 1.66 bits per heavy atom. The van der Waals surface area contributed by atoms with Gasteiger partial charge in [-0.2, -0.15) is 0 Å². The fourth-order valence-corrected chi connectivity index (χ4v) is 5.66. The van der Waals surface area contributed by atoms with E-state index in [2.05, 4.69) is 102 Å². The molecule has 0 aliphatic rings. The summed E-state index contributed by atoms with van der Waals surface area (Å²) in [5.41, 5.74) is 9.55. The first-order valence-electron chi connectivity index (χ1n) is 13.5. The zero-order valence-corrected chi connectivity index (χ0v) is 23.4. The predicted molar refractivity (Wildman–Crippen MR) is 159 cm³/mol. The van der Waals surface area contributed by atoms with Crippen LogP contribution in [0.1, 0.15) is 57.1 Å². The van der Waals surface area contributed by atoms with Crippen molar-refractivity contribution in [2.24, 2.45) is 5.92 Å². The average molecular weight is 502 g/mol. The van der Waals surface area contributed by atoms with Crippen LogP contribution < -0.4 is 0 Å². The van der Waals surface area contributed by atoms with Gasteiger partial charge in [0.1, 0.15) is 11.3 Å². The molecule has 0 saturated carbocycles. The minimum atomic E-state index is -0.00157. The third kappa shape index (κ3) is 4.11. The van der Waals surface area contributed by atoms with Crippen LogP contribution in [0.4, 0.5) is 0 Å². The summed E-state index contributed by atoms with van der Waals surface area (Å²) in [7, 11) is 0. The molecule has 0 amide bonds. The summed E-state index contributed by atoms with van der Waals surface area (Å²) in [5.74, 6) is 1.48. The highest BCUT2D eigenvalue weighted by Crippen LogP contribution is 2.40. The first-order chi connectivity index (χ1) is 18.1. The van der Waals surface area contributed by atoms with E-state index in [9.17, 15) is 0 Å². The predicted octanol–water partition coefficient (Wildman–Crippen LogP) is 10.2. The van der Waals surface area contributed by atoms with Gasteiger partial charge >= 0.3 is 0 Å². The maximum atomic E-state index is 6.21. The molecule has 0 atom stereocenters. The number of fused-ring (bicyclic) bond motifs is 3. The number of hydrogen-bond donors (Lipinski definition) is 0. The molecule has 0 saturated heterocycles. The van der Waals surface area contributed by atoms with Gasteiger partial charge < -0.3 is 8.83 Å². The van der Waals surface area contributed by atoms with Crippen LogP contribution >= 0.6 is 0 Å². The smallest absolute Gasteiger partial charge is 0.227 e. The Hall–Kier alpha value is -3.85. The zero-order chi connectivity index (χ0) is 26.8. The number of aryl methyl sites for hydroxylation is 2. The van der Waals surface area contributed by atoms with Crippen molar-refractivity contribution in [2.45, 2.75) is 60.3 Å². The molecule has 3 aromatic heterocycles. The summed E-state index contributed by atoms with van der Waals surface area (Å²) in [6.45, 7) is 15.4. The summed E-state index contributed by atoms with van der Waals surface area (Å²) < 4.78 is 12.2. The van der Waals surface area contributed by atoms with Crippen LogP contribution in [0.3, 0.4) is 0 Å². The van der Waals surface area contributed by atoms with Crippen LogP contribution in [0.5, 0.6) is 0 Å². The number of nitrogens with zero attached hydrogens (tertiary/aromatic N) is 1. The Labute approximate surface area is 224 Å². The van der Waals surface area contributed by atoms with Crippen LogP contribution in [0.25, 0.3) is 55.2 Å². The molecule has 0 spiro atoms. The van der Waals surface area contributed by atoms with Gasteiger partial charge in [0.15, 0.2) is 0 Å². The third-order valence-corrected chi connectivity index (χ3v) is 7.70. The fourth-order valence-electron chi connectivity index (χ4n) is 5.66. The molecule has 192 valence electrons. The molecule has 3 aromatic carbocycles. The van der Waals surface area contributed by atoms with Gasteiger partial charge in [-0.3, -0.25) is 0 Å². The van der Waals surface area contributed by atoms with Gasteiger partial charge in [0.2, 0.25) is 5.71 Å². The number of furan rings is 2. The molecule has 6 rings (SSSR count). The second-order valence-electron chi connectivity index (χ2n) is 12.1. The summed E-state index contributed by atoms with van der Waals surface area (Å²) >= 11 is 0. The van der Waals surface area contributed by atoms with Crippen LogP contribution in [-0.4, -0.2) is 4.98 Å². The van der Waals surface area contributed by atoms with E-state index < -0.39 is 0 Å². The number of hydrogen-bond acceptors (Lipinski definition) is 3. The summed E-state index contributed by atoms with van der Waals surface area (Å²) in [5, 5.41) is 4.77. The van der Waals surface area contributed by atoms with Crippen molar-refractivity contribution in [1.29, 1.82) is 0 Å². The monoisotopic (exact) mass is 501 g/mol. The Balaban J connectivity index is 1.59. The molecule has 0 fully saturated rings. The molecule has 0 bridgehead atoms. The molecular weight excluding hydrogens is 466 g/mol. The van der Waals surface area contributed by atoms with Gasteiger partial charge in [0.25, 0.3) is 0 Å². The van der Waals surface area contributed by atoms with Gasteiger partial charge in [-0.15, -0.1) is 0 Å². The van der Waals surface area contributed by atoms with E-state index in [-0.39, 0.29) is 5.41 Å². The van der Waals surface area contributed by atoms with Crippen molar-refractivity contribution < 1.29 is 8.83 Å². The molecule has 3 heterocycles. The summed E-state index contributed by atoms with van der Waals surface area (Å²) in [4.78, 5) is 5.05. The number of benzene rings is 3. The topological polar surface area (TPSA) is 39.2 Å². The minimum Gasteiger partial charge on any atom is -0.464 e. The molecule has 0 aliphatic heterocycles. The molecule has 6 aromatic rings. The molecular formula is C35H35NO2. The van der Waals surface area contributed by atoms with Crippen molar-refractivity contribution in [3.8, 4) is 22.4 Å². The molecule has 38 heavy (non-hydrogen) atoms. The fraction of sp³-hybridized carbons (Fsp3) is 0.286. The van der Waals surface area contributed by atoms with Gasteiger partial charge in [-0.05, 0) is 88.9 Å². The van der Waals surface area contributed by atoms with E-state index in [0.29, 0.717) is 11.6 Å². The average Bonchev–Trinajstić information content (AvgIpc) is 3.40. The Morgan fingerprint density at radius 3 is 2.42 bits per heavy atom. The standard InChI is InChI=1S/C35H35NO2/c1-20(2)14-26-19-37-32-17-24(12-13-28(26)32)29-18-31(36-34-33(29)21(3)22(4)38-34)25-15-23-10-8-9-11-27(23)30(16-25)35(5,6)7/h8-13,15-20H,14H2,1-7H3. The maximum Gasteiger partial charge on any atom is 0.227 e. The maximum absolute atomic E-state index is 6.21. The lowest BCUT2D eigenvalue weighted by atomic mass is 9.82. The molecule has 3 nitrogen and oxygen atoms in total. The van der Waals surface area contributed by atoms with Gasteiger partial charge in [-0.1, -0.05) is 71.0 Å². The van der Waals surface area contributed by atoms with E-state index in [1.165, 1.54) is 27.3 Å². The van der Waals surface area contributed by atoms with E-state index in [1.54, 1.807) is 0 Å². The highest BCUT2D eigenvalue weighted by atomic mass is 16.3. The lowest BCUT2D eigenvalue weighted by molar-refractivity contribution is 0.565. The lowest BCUT2D eigenvalue weighted by Gasteiger charge is -2.23. The van der Waals surface area contributed by atoms with Gasteiger partial charge in [0.05, 0.1) is 17.3 Å². The van der Waals surface area contributed by atoms with Gasteiger partial charge in [-0.25, -0.2) is 4.98 Å². The largest absolute Gasteiger partial charge is 0.464 e. The third-order valence-electron chi connectivity index (χ3n) is 7.70. The zero-order valence-electron chi connectivity index (χ0n) is 23.4. The minimum absolute atomic E-state index is 0.00157. The number of pyridine rings is 1. The van der Waals surface area contributed by atoms with E-state index in [1.807, 2.05) is 13.2 Å². The highest BCUT2D eigenvalue weighted by Gasteiger charge is 2.21. The van der Waals surface area contributed by atoms with Crippen molar-refractivity contribution in [1.82, 2.24) is 4.98 Å². The summed E-state index contributed by atoms with van der Waals surface area (Å²) in [6.07, 6.45) is 2.92. The van der Waals surface area contributed by atoms with Crippen molar-refractivity contribution >= 4 is 32.8 Å². The summed E-state index contributed by atoms with van der Waals surface area (Å²) in [6, 6.07) is 22.0. The normalized spacial score (nSPS) is 12.4. The van der Waals surface area contributed by atoms with Crippen LogP contribution in [0.15, 0.2) is 75.8 Å².